The molecule has 24 heavy (non-hydrogen) atoms. The number of phenolic OH excluding ortho intramolecular Hbond substituents is 1. The third-order valence-electron chi connectivity index (χ3n) is 3.65. The van der Waals surface area contributed by atoms with Crippen molar-refractivity contribution in [2.45, 2.75) is 19.3 Å². The van der Waals surface area contributed by atoms with E-state index < -0.39 is 11.6 Å². The normalized spacial score (nSPS) is 11.4. The van der Waals surface area contributed by atoms with E-state index in [-0.39, 0.29) is 11.5 Å². The minimum absolute atomic E-state index is 0.141. The van der Waals surface area contributed by atoms with Crippen molar-refractivity contribution in [2.24, 2.45) is 0 Å². The second kappa shape index (κ2) is 7.35. The number of phenols is 1. The van der Waals surface area contributed by atoms with Crippen LogP contribution in [0.15, 0.2) is 42.2 Å². The third-order valence-corrected chi connectivity index (χ3v) is 6.03. The van der Waals surface area contributed by atoms with Gasteiger partial charge >= 0.3 is 6.16 Å². The number of carboxylic acid groups (broad SMARTS) is 1. The highest BCUT2D eigenvalue weighted by atomic mass is 79.9. The lowest BCUT2D eigenvalue weighted by Gasteiger charge is -2.28. The number of aromatic hydroxyl groups is 1. The molecule has 0 aliphatic carbocycles. The zero-order chi connectivity index (χ0) is 18.2. The van der Waals surface area contributed by atoms with E-state index >= 15 is 0 Å². The fourth-order valence-electron chi connectivity index (χ4n) is 2.20. The molecule has 2 aromatic carbocycles. The smallest absolute Gasteiger partial charge is 0.506 e. The molecule has 2 aromatic rings. The van der Waals surface area contributed by atoms with Crippen LogP contribution in [0.1, 0.15) is 25.0 Å². The minimum Gasteiger partial charge on any atom is -0.506 e. The number of carbonyl (C=O) groups is 1. The van der Waals surface area contributed by atoms with Crippen molar-refractivity contribution in [2.75, 3.05) is 0 Å². The molecule has 0 bridgehead atoms. The van der Waals surface area contributed by atoms with E-state index in [1.54, 1.807) is 0 Å². The predicted octanol–water partition coefficient (Wildman–Crippen LogP) is 6.82. The van der Waals surface area contributed by atoms with E-state index in [1.807, 2.05) is 38.1 Å². The molecule has 0 atom stereocenters. The van der Waals surface area contributed by atoms with Gasteiger partial charge in [0.2, 0.25) is 0 Å². The van der Waals surface area contributed by atoms with Crippen LogP contribution in [0.3, 0.4) is 0 Å². The lowest BCUT2D eigenvalue weighted by Crippen LogP contribution is -2.19. The maximum Gasteiger partial charge on any atom is 0.511 e. The molecule has 0 aliphatic rings. The van der Waals surface area contributed by atoms with Gasteiger partial charge in [-0.05, 0) is 99.1 Å². The van der Waals surface area contributed by atoms with Crippen LogP contribution in [0.25, 0.3) is 0 Å². The lowest BCUT2D eigenvalue weighted by atomic mass is 9.78. The second-order valence-corrected chi connectivity index (χ2v) is 8.97. The molecule has 128 valence electrons. The molecular weight excluding hydrogens is 576 g/mol. The molecule has 0 aromatic heterocycles. The molecule has 4 nitrogen and oxygen atoms in total. The van der Waals surface area contributed by atoms with Crippen LogP contribution in [0.4, 0.5) is 4.79 Å². The van der Waals surface area contributed by atoms with Crippen LogP contribution in [-0.2, 0) is 5.41 Å². The largest absolute Gasteiger partial charge is 0.511 e. The number of benzene rings is 2. The zero-order valence-corrected chi connectivity index (χ0v) is 18.9. The second-order valence-electron chi connectivity index (χ2n) is 5.55. The Labute approximate surface area is 172 Å². The first-order chi connectivity index (χ1) is 11.0. The quantitative estimate of drug-likeness (QED) is 0.305. The number of hydrogen-bond acceptors (Lipinski definition) is 3. The van der Waals surface area contributed by atoms with Crippen molar-refractivity contribution in [3.05, 3.63) is 53.3 Å². The van der Waals surface area contributed by atoms with Crippen LogP contribution in [0.2, 0.25) is 0 Å². The van der Waals surface area contributed by atoms with E-state index in [0.29, 0.717) is 17.9 Å². The summed E-state index contributed by atoms with van der Waals surface area (Å²) in [6, 6.07) is 7.34. The predicted molar refractivity (Wildman–Crippen MR) is 106 cm³/mol. The molecule has 0 saturated heterocycles. The summed E-state index contributed by atoms with van der Waals surface area (Å²) in [4.78, 5) is 10.8. The summed E-state index contributed by atoms with van der Waals surface area (Å²) in [6.07, 6.45) is -1.38. The van der Waals surface area contributed by atoms with Gasteiger partial charge in [-0.25, -0.2) is 4.79 Å². The molecule has 0 saturated carbocycles. The Morgan fingerprint density at radius 3 is 1.67 bits per heavy atom. The van der Waals surface area contributed by atoms with Crippen LogP contribution in [0, 0.1) is 0 Å². The fourth-order valence-corrected chi connectivity index (χ4v) is 4.73. The Kier molecular flexibility index (Phi) is 6.05. The molecule has 2 rings (SSSR count). The third kappa shape index (κ3) is 3.98. The standard InChI is InChI=1S/C16H12Br4O4/c1-16(2,7-3-9(17)13(21)10(18)4-7)8-5-11(19)14(12(20)6-8)24-15(22)23/h3-6,21H,1-2H3,(H,22,23). The molecule has 0 aliphatic heterocycles. The van der Waals surface area contributed by atoms with E-state index in [0.717, 1.165) is 11.1 Å². The SMILES string of the molecule is CC(C)(c1cc(Br)c(O)c(Br)c1)c1cc(Br)c(OC(=O)O)c(Br)c1. The summed E-state index contributed by atoms with van der Waals surface area (Å²) in [5, 5.41) is 18.7. The Bertz CT molecular complexity index is 772. The van der Waals surface area contributed by atoms with Gasteiger partial charge < -0.3 is 14.9 Å². The highest BCUT2D eigenvalue weighted by Crippen LogP contribution is 2.43. The first-order valence-electron chi connectivity index (χ1n) is 6.62. The maximum absolute atomic E-state index is 10.8. The zero-order valence-electron chi connectivity index (χ0n) is 12.5. The Hall–Kier alpha value is -0.570. The summed E-state index contributed by atoms with van der Waals surface area (Å²) in [6.45, 7) is 4.06. The topological polar surface area (TPSA) is 66.8 Å². The Morgan fingerprint density at radius 1 is 0.917 bits per heavy atom. The summed E-state index contributed by atoms with van der Waals surface area (Å²) in [5.41, 5.74) is 1.49. The van der Waals surface area contributed by atoms with Crippen molar-refractivity contribution in [1.29, 1.82) is 0 Å². The van der Waals surface area contributed by atoms with E-state index in [4.69, 9.17) is 9.84 Å². The monoisotopic (exact) mass is 584 g/mol. The van der Waals surface area contributed by atoms with Crippen molar-refractivity contribution in [3.63, 3.8) is 0 Å². The van der Waals surface area contributed by atoms with Gasteiger partial charge in [0.1, 0.15) is 5.75 Å². The van der Waals surface area contributed by atoms with Crippen molar-refractivity contribution >= 4 is 69.9 Å². The van der Waals surface area contributed by atoms with Gasteiger partial charge in [0.15, 0.2) is 5.75 Å². The summed E-state index contributed by atoms with van der Waals surface area (Å²) in [5.74, 6) is 0.345. The highest BCUT2D eigenvalue weighted by Gasteiger charge is 2.27. The number of hydrogen-bond donors (Lipinski definition) is 2. The number of halogens is 4. The van der Waals surface area contributed by atoms with Gasteiger partial charge in [0.25, 0.3) is 0 Å². The molecular formula is C16H12Br4O4. The van der Waals surface area contributed by atoms with E-state index in [9.17, 15) is 9.90 Å². The average molecular weight is 588 g/mol. The molecule has 0 spiro atoms. The van der Waals surface area contributed by atoms with Gasteiger partial charge in [0, 0.05) is 5.41 Å². The van der Waals surface area contributed by atoms with Crippen LogP contribution >= 0.6 is 63.7 Å². The molecule has 0 heterocycles. The summed E-state index contributed by atoms with van der Waals surface area (Å²) in [7, 11) is 0. The Morgan fingerprint density at radius 2 is 1.29 bits per heavy atom. The van der Waals surface area contributed by atoms with Gasteiger partial charge in [-0.2, -0.15) is 0 Å². The van der Waals surface area contributed by atoms with Crippen molar-refractivity contribution < 1.29 is 19.7 Å². The van der Waals surface area contributed by atoms with E-state index in [2.05, 4.69) is 63.7 Å². The fraction of sp³-hybridized carbons (Fsp3) is 0.188. The highest BCUT2D eigenvalue weighted by molar-refractivity contribution is 9.11. The van der Waals surface area contributed by atoms with Crippen LogP contribution < -0.4 is 4.74 Å². The summed E-state index contributed by atoms with van der Waals surface area (Å²) >= 11 is 13.4. The maximum atomic E-state index is 10.8. The Balaban J connectivity index is 2.56. The molecule has 0 fully saturated rings. The average Bonchev–Trinajstić information content (AvgIpc) is 2.47. The molecule has 2 N–H and O–H groups in total. The van der Waals surface area contributed by atoms with Crippen molar-refractivity contribution in [1.82, 2.24) is 0 Å². The number of rotatable bonds is 3. The summed E-state index contributed by atoms with van der Waals surface area (Å²) < 4.78 is 7.01. The lowest BCUT2D eigenvalue weighted by molar-refractivity contribution is 0.144. The van der Waals surface area contributed by atoms with E-state index in [1.165, 1.54) is 0 Å². The van der Waals surface area contributed by atoms with Gasteiger partial charge in [-0.3, -0.25) is 0 Å². The number of ether oxygens (including phenoxy) is 1. The van der Waals surface area contributed by atoms with Gasteiger partial charge in [0.05, 0.1) is 17.9 Å². The minimum atomic E-state index is -1.38. The first-order valence-corrected chi connectivity index (χ1v) is 9.80. The molecule has 0 unspecified atom stereocenters. The van der Waals surface area contributed by atoms with Crippen LogP contribution in [-0.4, -0.2) is 16.4 Å². The van der Waals surface area contributed by atoms with Crippen molar-refractivity contribution in [3.8, 4) is 11.5 Å². The van der Waals surface area contributed by atoms with Gasteiger partial charge in [-0.1, -0.05) is 13.8 Å². The molecule has 0 amide bonds. The molecule has 0 radical (unpaired) electrons. The van der Waals surface area contributed by atoms with Gasteiger partial charge in [-0.15, -0.1) is 0 Å². The van der Waals surface area contributed by atoms with Crippen LogP contribution in [0.5, 0.6) is 11.5 Å². The first kappa shape index (κ1) is 19.8. The molecule has 8 heteroatoms.